The van der Waals surface area contributed by atoms with Gasteiger partial charge in [-0.15, -0.1) is 51.7 Å². The molecule has 0 atom stereocenters. The third-order valence-corrected chi connectivity index (χ3v) is 4.87. The van der Waals surface area contributed by atoms with Crippen LogP contribution >= 0.6 is 24.8 Å². The first-order valence-corrected chi connectivity index (χ1v) is 12.2. The molecule has 138 valence electrons. The van der Waals surface area contributed by atoms with Gasteiger partial charge >= 0.3 is 31.5 Å². The summed E-state index contributed by atoms with van der Waals surface area (Å²) in [6.07, 6.45) is 11.0. The van der Waals surface area contributed by atoms with Crippen molar-refractivity contribution in [1.29, 1.82) is 0 Å². The van der Waals surface area contributed by atoms with Crippen molar-refractivity contribution in [3.63, 3.8) is 0 Å². The maximum atomic E-state index is 4.17. The average molecular weight is 556 g/mol. The molecule has 1 nitrogen and oxygen atoms in total. The summed E-state index contributed by atoms with van der Waals surface area (Å²) in [5, 5.41) is 1.34. The third-order valence-electron chi connectivity index (χ3n) is 4.41. The standard InChI is InChI=1S/C16H11BrN.C5H5.2ClH.S.Zr/c1-18-14-5-3-2-4-13(14)16-12-7-6-11(17)8-10(12)9-15(16)18;1-2-4-5-3-1;;;;/h2-6,8H,9H2,1H3;1-3H,4H2;2*1H;;/q2*-1;;;;+2/p-2. The number of hydrogen-bond acceptors (Lipinski definition) is 1. The molecule has 27 heavy (non-hydrogen) atoms. The van der Waals surface area contributed by atoms with Crippen LogP contribution in [0.2, 0.25) is 0 Å². The SMILES string of the molecule is Cn1c2c(c3ccccc31)-c1[c-]cc(Br)cc1C2.[C-]1=CC=CC1.[Cl-].[Cl-].[S]=[Zr+2]. The van der Waals surface area contributed by atoms with Gasteiger partial charge in [-0.05, 0) is 23.6 Å². The van der Waals surface area contributed by atoms with Gasteiger partial charge in [0.2, 0.25) is 0 Å². The van der Waals surface area contributed by atoms with Gasteiger partial charge in [-0.1, -0.05) is 28.2 Å². The fourth-order valence-electron chi connectivity index (χ4n) is 3.34. The van der Waals surface area contributed by atoms with Crippen LogP contribution in [0.5, 0.6) is 0 Å². The molecule has 0 saturated heterocycles. The van der Waals surface area contributed by atoms with Gasteiger partial charge in [0.05, 0.1) is 0 Å². The van der Waals surface area contributed by atoms with Crippen LogP contribution in [-0.4, -0.2) is 4.57 Å². The van der Waals surface area contributed by atoms with Crippen LogP contribution in [0.4, 0.5) is 0 Å². The molecule has 0 N–H and O–H groups in total. The second-order valence-electron chi connectivity index (χ2n) is 5.80. The van der Waals surface area contributed by atoms with Gasteiger partial charge in [0, 0.05) is 12.6 Å². The Kier molecular flexibility index (Phi) is 10.6. The zero-order chi connectivity index (χ0) is 17.8. The first kappa shape index (κ1) is 24.7. The zero-order valence-corrected chi connectivity index (χ0v) is 21.0. The van der Waals surface area contributed by atoms with Crippen molar-refractivity contribution in [2.75, 3.05) is 0 Å². The number of aryl methyl sites for hydroxylation is 1. The number of fused-ring (bicyclic) bond motifs is 5. The third kappa shape index (κ3) is 5.16. The molecule has 1 heterocycles. The maximum absolute atomic E-state index is 4.17. The van der Waals surface area contributed by atoms with Crippen LogP contribution in [0.1, 0.15) is 17.7 Å². The van der Waals surface area contributed by atoms with Gasteiger partial charge < -0.3 is 29.4 Å². The van der Waals surface area contributed by atoms with Gasteiger partial charge in [0.15, 0.2) is 0 Å². The summed E-state index contributed by atoms with van der Waals surface area (Å²) < 4.78 is 3.42. The van der Waals surface area contributed by atoms with E-state index in [0.29, 0.717) is 0 Å². The van der Waals surface area contributed by atoms with E-state index in [4.69, 9.17) is 0 Å². The van der Waals surface area contributed by atoms with E-state index in [0.717, 1.165) is 40.0 Å². The molecule has 5 rings (SSSR count). The molecule has 0 amide bonds. The first-order chi connectivity index (χ1) is 12.3. The number of allylic oxidation sites excluding steroid dienone is 4. The Labute approximate surface area is 199 Å². The summed E-state index contributed by atoms with van der Waals surface area (Å²) in [6, 6.07) is 16.2. The van der Waals surface area contributed by atoms with Gasteiger partial charge in [-0.25, -0.2) is 12.2 Å². The Balaban J connectivity index is 0.000000351. The predicted molar refractivity (Wildman–Crippen MR) is 107 cm³/mol. The Bertz CT molecular complexity index is 972. The molecule has 2 aliphatic rings. The van der Waals surface area contributed by atoms with Crippen molar-refractivity contribution in [2.24, 2.45) is 7.05 Å². The molecule has 0 aliphatic heterocycles. The Morgan fingerprint density at radius 3 is 2.56 bits per heavy atom. The average Bonchev–Trinajstić information content (AvgIpc) is 3.37. The molecule has 0 fully saturated rings. The topological polar surface area (TPSA) is 4.93 Å². The first-order valence-electron chi connectivity index (χ1n) is 7.94. The van der Waals surface area contributed by atoms with Crippen LogP contribution in [0.25, 0.3) is 22.0 Å². The van der Waals surface area contributed by atoms with Crippen LogP contribution in [-0.2, 0) is 36.1 Å². The molecule has 0 spiro atoms. The molecule has 3 aromatic rings. The minimum absolute atomic E-state index is 0. The number of aromatic nitrogens is 1. The van der Waals surface area contributed by atoms with Crippen molar-refractivity contribution in [3.05, 3.63) is 82.5 Å². The molecular formula is C21H16BrCl2NSZr-2. The molecule has 1 aromatic heterocycles. The summed E-state index contributed by atoms with van der Waals surface area (Å²) in [5.74, 6) is 0. The summed E-state index contributed by atoms with van der Waals surface area (Å²) >= 11 is 4.66. The summed E-state index contributed by atoms with van der Waals surface area (Å²) in [7, 11) is 6.33. The Morgan fingerprint density at radius 1 is 1.19 bits per heavy atom. The van der Waals surface area contributed by atoms with Crippen molar-refractivity contribution >= 4 is 35.7 Å². The van der Waals surface area contributed by atoms with E-state index in [1.165, 1.54) is 33.3 Å². The number of rotatable bonds is 0. The summed E-state index contributed by atoms with van der Waals surface area (Å²) in [5.41, 5.74) is 6.72. The number of halogens is 3. The molecule has 2 aliphatic carbocycles. The second kappa shape index (κ2) is 11.6. The number of benzene rings is 2. The van der Waals surface area contributed by atoms with Gasteiger partial charge in [-0.2, -0.15) is 6.08 Å². The quantitative estimate of drug-likeness (QED) is 0.282. The number of para-hydroxylation sites is 1. The molecule has 0 unspecified atom stereocenters. The molecule has 0 saturated carbocycles. The van der Waals surface area contributed by atoms with Gasteiger partial charge in [-0.3, -0.25) is 6.08 Å². The Morgan fingerprint density at radius 2 is 1.93 bits per heavy atom. The van der Waals surface area contributed by atoms with E-state index >= 15 is 0 Å². The predicted octanol–water partition coefficient (Wildman–Crippen LogP) is 0.272. The van der Waals surface area contributed by atoms with E-state index in [-0.39, 0.29) is 24.8 Å². The van der Waals surface area contributed by atoms with Gasteiger partial charge in [0.25, 0.3) is 0 Å². The monoisotopic (exact) mass is 553 g/mol. The van der Waals surface area contributed by atoms with E-state index in [1.807, 2.05) is 18.2 Å². The van der Waals surface area contributed by atoms with Gasteiger partial charge in [0.1, 0.15) is 0 Å². The van der Waals surface area contributed by atoms with Crippen molar-refractivity contribution in [3.8, 4) is 11.1 Å². The fourth-order valence-corrected chi connectivity index (χ4v) is 3.73. The van der Waals surface area contributed by atoms with Crippen LogP contribution in [0, 0.1) is 12.1 Å². The fraction of sp³-hybridized carbons (Fsp3) is 0.143. The summed E-state index contributed by atoms with van der Waals surface area (Å²) in [4.78, 5) is 0. The molecule has 6 heteroatoms. The van der Waals surface area contributed by atoms with E-state index in [9.17, 15) is 0 Å². The Hall–Kier alpha value is -0.377. The molecule has 0 radical (unpaired) electrons. The van der Waals surface area contributed by atoms with Crippen LogP contribution < -0.4 is 24.8 Å². The van der Waals surface area contributed by atoms with Crippen molar-refractivity contribution in [2.45, 2.75) is 12.8 Å². The molecule has 0 bridgehead atoms. The number of nitrogens with zero attached hydrogens (tertiary/aromatic N) is 1. The molecule has 2 aromatic carbocycles. The minimum atomic E-state index is 0. The van der Waals surface area contributed by atoms with E-state index in [2.05, 4.69) is 85.0 Å². The van der Waals surface area contributed by atoms with Crippen LogP contribution in [0.15, 0.2) is 59.1 Å². The van der Waals surface area contributed by atoms with E-state index in [1.54, 1.807) is 0 Å². The van der Waals surface area contributed by atoms with Crippen molar-refractivity contribution < 1.29 is 47.5 Å². The number of hydrogen-bond donors (Lipinski definition) is 0. The van der Waals surface area contributed by atoms with Crippen LogP contribution in [0.3, 0.4) is 0 Å². The zero-order valence-electron chi connectivity index (χ0n) is 14.6. The van der Waals surface area contributed by atoms with E-state index < -0.39 is 0 Å². The summed E-state index contributed by atoms with van der Waals surface area (Å²) in [6.45, 7) is 0. The molecular weight excluding hydrogens is 540 g/mol. The normalized spacial score (nSPS) is 12.0. The van der Waals surface area contributed by atoms with Crippen molar-refractivity contribution in [1.82, 2.24) is 4.57 Å². The second-order valence-corrected chi connectivity index (χ2v) is 6.71.